The average molecular weight is 307 g/mol. The van der Waals surface area contributed by atoms with Gasteiger partial charge in [0.25, 0.3) is 0 Å². The van der Waals surface area contributed by atoms with Gasteiger partial charge >= 0.3 is 6.36 Å². The van der Waals surface area contributed by atoms with E-state index in [2.05, 4.69) is 4.74 Å². The minimum Gasteiger partial charge on any atom is -0.406 e. The highest BCUT2D eigenvalue weighted by atomic mass is 19.4. The minimum absolute atomic E-state index is 0.266. The van der Waals surface area contributed by atoms with Crippen LogP contribution in [0.25, 0.3) is 17.2 Å². The largest absolute Gasteiger partial charge is 0.573 e. The van der Waals surface area contributed by atoms with Gasteiger partial charge in [-0.3, -0.25) is 4.79 Å². The first-order chi connectivity index (χ1) is 10.3. The molecule has 114 valence electrons. The van der Waals surface area contributed by atoms with Gasteiger partial charge in [-0.05, 0) is 34.9 Å². The Labute approximate surface area is 124 Å². The smallest absolute Gasteiger partial charge is 0.406 e. The first-order valence-electron chi connectivity index (χ1n) is 6.27. The Morgan fingerprint density at radius 2 is 1.45 bits per heavy atom. The zero-order valence-corrected chi connectivity index (χ0v) is 11.3. The number of rotatable bonds is 4. The molecule has 2 aromatic rings. The molecular weight excluding hydrogens is 295 g/mol. The average Bonchev–Trinajstić information content (AvgIpc) is 2.45. The molecule has 2 N–H and O–H groups in total. The molecule has 1 amide bonds. The maximum atomic E-state index is 12.1. The van der Waals surface area contributed by atoms with Crippen LogP contribution in [0.15, 0.2) is 54.6 Å². The molecule has 2 rings (SSSR count). The van der Waals surface area contributed by atoms with Crippen LogP contribution < -0.4 is 10.5 Å². The highest BCUT2D eigenvalue weighted by Crippen LogP contribution is 2.26. The molecule has 6 heteroatoms. The van der Waals surface area contributed by atoms with E-state index >= 15 is 0 Å². The molecule has 0 heterocycles. The van der Waals surface area contributed by atoms with E-state index in [1.807, 2.05) is 0 Å². The van der Waals surface area contributed by atoms with Crippen molar-refractivity contribution in [3.05, 3.63) is 60.2 Å². The number of carbonyl (C=O) groups is 1. The molecule has 2 aromatic carbocycles. The topological polar surface area (TPSA) is 52.3 Å². The highest BCUT2D eigenvalue weighted by molar-refractivity contribution is 5.90. The summed E-state index contributed by atoms with van der Waals surface area (Å²) < 4.78 is 40.0. The van der Waals surface area contributed by atoms with Crippen LogP contribution in [0, 0.1) is 0 Å². The van der Waals surface area contributed by atoms with Gasteiger partial charge in [-0.25, -0.2) is 0 Å². The third-order valence-corrected chi connectivity index (χ3v) is 2.77. The quantitative estimate of drug-likeness (QED) is 0.875. The standard InChI is InChI=1S/C16H12F3NO2/c17-16(18,19)22-14-8-6-13(7-9-14)12-4-1-11(2-5-12)3-10-15(20)21/h1-10H,(H2,20,21)/b10-3+. The van der Waals surface area contributed by atoms with Gasteiger partial charge in [0, 0.05) is 6.08 Å². The lowest BCUT2D eigenvalue weighted by atomic mass is 10.0. The Morgan fingerprint density at radius 1 is 0.955 bits per heavy atom. The predicted molar refractivity (Wildman–Crippen MR) is 76.8 cm³/mol. The van der Waals surface area contributed by atoms with Crippen LogP contribution in [0.1, 0.15) is 5.56 Å². The van der Waals surface area contributed by atoms with E-state index in [-0.39, 0.29) is 5.75 Å². The van der Waals surface area contributed by atoms with Crippen LogP contribution in [0.5, 0.6) is 5.75 Å². The number of primary amides is 1. The summed E-state index contributed by atoms with van der Waals surface area (Å²) in [6.45, 7) is 0. The molecule has 22 heavy (non-hydrogen) atoms. The van der Waals surface area contributed by atoms with Gasteiger partial charge in [-0.2, -0.15) is 0 Å². The third kappa shape index (κ3) is 4.66. The Hall–Kier alpha value is -2.76. The van der Waals surface area contributed by atoms with Crippen molar-refractivity contribution in [1.29, 1.82) is 0 Å². The van der Waals surface area contributed by atoms with E-state index in [9.17, 15) is 18.0 Å². The maximum absolute atomic E-state index is 12.1. The Bertz CT molecular complexity index is 674. The summed E-state index contributed by atoms with van der Waals surface area (Å²) >= 11 is 0. The zero-order valence-electron chi connectivity index (χ0n) is 11.3. The highest BCUT2D eigenvalue weighted by Gasteiger charge is 2.30. The normalized spacial score (nSPS) is 11.6. The number of hydrogen-bond donors (Lipinski definition) is 1. The number of nitrogens with two attached hydrogens (primary N) is 1. The molecule has 0 saturated heterocycles. The van der Waals surface area contributed by atoms with Crippen LogP contribution in [0.3, 0.4) is 0 Å². The predicted octanol–water partition coefficient (Wildman–Crippen LogP) is 3.75. The van der Waals surface area contributed by atoms with Crippen molar-refractivity contribution in [2.75, 3.05) is 0 Å². The molecule has 0 aliphatic rings. The Morgan fingerprint density at radius 3 is 1.91 bits per heavy atom. The van der Waals surface area contributed by atoms with Gasteiger partial charge in [0.1, 0.15) is 5.75 Å². The molecule has 0 atom stereocenters. The van der Waals surface area contributed by atoms with E-state index in [4.69, 9.17) is 5.73 Å². The number of carbonyl (C=O) groups excluding carboxylic acids is 1. The van der Waals surface area contributed by atoms with Gasteiger partial charge < -0.3 is 10.5 Å². The molecule has 0 fully saturated rings. The Kier molecular flexibility index (Phi) is 4.50. The Balaban J connectivity index is 2.13. The van der Waals surface area contributed by atoms with E-state index in [1.54, 1.807) is 30.3 Å². The number of alkyl halides is 3. The maximum Gasteiger partial charge on any atom is 0.573 e. The van der Waals surface area contributed by atoms with E-state index in [1.165, 1.54) is 30.3 Å². The summed E-state index contributed by atoms with van der Waals surface area (Å²) in [4.78, 5) is 10.6. The fraction of sp³-hybridized carbons (Fsp3) is 0.0625. The van der Waals surface area contributed by atoms with Crippen molar-refractivity contribution < 1.29 is 22.7 Å². The van der Waals surface area contributed by atoms with Gasteiger partial charge in [0.15, 0.2) is 0 Å². The van der Waals surface area contributed by atoms with Crippen molar-refractivity contribution in [3.8, 4) is 16.9 Å². The molecule has 0 saturated carbocycles. The van der Waals surface area contributed by atoms with Crippen LogP contribution >= 0.6 is 0 Å². The number of ether oxygens (including phenoxy) is 1. The molecule has 0 aromatic heterocycles. The molecule has 0 radical (unpaired) electrons. The molecule has 0 spiro atoms. The second-order valence-electron chi connectivity index (χ2n) is 4.43. The lowest BCUT2D eigenvalue weighted by Gasteiger charge is -2.09. The molecular formula is C16H12F3NO2. The number of hydrogen-bond acceptors (Lipinski definition) is 2. The van der Waals surface area contributed by atoms with Crippen LogP contribution in [-0.4, -0.2) is 12.3 Å². The zero-order chi connectivity index (χ0) is 16.2. The van der Waals surface area contributed by atoms with E-state index in [0.29, 0.717) is 0 Å². The summed E-state index contributed by atoms with van der Waals surface area (Å²) in [5.74, 6) is -0.804. The van der Waals surface area contributed by atoms with Gasteiger partial charge in [-0.1, -0.05) is 36.4 Å². The lowest BCUT2D eigenvalue weighted by Crippen LogP contribution is -2.16. The van der Waals surface area contributed by atoms with Crippen molar-refractivity contribution in [2.45, 2.75) is 6.36 Å². The third-order valence-electron chi connectivity index (χ3n) is 2.77. The van der Waals surface area contributed by atoms with E-state index in [0.717, 1.165) is 16.7 Å². The van der Waals surface area contributed by atoms with Crippen LogP contribution in [0.4, 0.5) is 13.2 Å². The summed E-state index contributed by atoms with van der Waals surface area (Å²) in [7, 11) is 0. The first kappa shape index (κ1) is 15.6. The fourth-order valence-electron chi connectivity index (χ4n) is 1.81. The van der Waals surface area contributed by atoms with Crippen molar-refractivity contribution in [1.82, 2.24) is 0 Å². The lowest BCUT2D eigenvalue weighted by molar-refractivity contribution is -0.274. The fourth-order valence-corrected chi connectivity index (χ4v) is 1.81. The number of amides is 1. The van der Waals surface area contributed by atoms with Gasteiger partial charge in [0.2, 0.25) is 5.91 Å². The van der Waals surface area contributed by atoms with Gasteiger partial charge in [0.05, 0.1) is 0 Å². The summed E-state index contributed by atoms with van der Waals surface area (Å²) in [5.41, 5.74) is 7.37. The minimum atomic E-state index is -4.70. The molecule has 0 aliphatic heterocycles. The molecule has 0 aliphatic carbocycles. The molecule has 3 nitrogen and oxygen atoms in total. The summed E-state index contributed by atoms with van der Waals surface area (Å²) in [5, 5.41) is 0. The van der Waals surface area contributed by atoms with E-state index < -0.39 is 12.3 Å². The summed E-state index contributed by atoms with van der Waals surface area (Å²) in [6.07, 6.45) is -1.87. The summed E-state index contributed by atoms with van der Waals surface area (Å²) in [6, 6.07) is 12.7. The monoisotopic (exact) mass is 307 g/mol. The SMILES string of the molecule is NC(=O)/C=C/c1ccc(-c2ccc(OC(F)(F)F)cc2)cc1. The van der Waals surface area contributed by atoms with Gasteiger partial charge in [-0.15, -0.1) is 13.2 Å². The van der Waals surface area contributed by atoms with Crippen LogP contribution in [-0.2, 0) is 4.79 Å². The number of halogens is 3. The molecule has 0 bridgehead atoms. The second-order valence-corrected chi connectivity index (χ2v) is 4.43. The number of benzene rings is 2. The first-order valence-corrected chi connectivity index (χ1v) is 6.27. The second kappa shape index (κ2) is 6.34. The molecule has 0 unspecified atom stereocenters. The van der Waals surface area contributed by atoms with Crippen LogP contribution in [0.2, 0.25) is 0 Å². The van der Waals surface area contributed by atoms with Crippen molar-refractivity contribution in [3.63, 3.8) is 0 Å². The van der Waals surface area contributed by atoms with Crippen molar-refractivity contribution in [2.24, 2.45) is 5.73 Å². The van der Waals surface area contributed by atoms with Crippen molar-refractivity contribution >= 4 is 12.0 Å².